The van der Waals surface area contributed by atoms with Gasteiger partial charge >= 0.3 is 0 Å². The van der Waals surface area contributed by atoms with E-state index in [0.717, 1.165) is 11.3 Å². The molecule has 0 bridgehead atoms. The summed E-state index contributed by atoms with van der Waals surface area (Å²) >= 11 is 0. The van der Waals surface area contributed by atoms with Gasteiger partial charge in [-0.3, -0.25) is 4.79 Å². The number of anilines is 1. The third kappa shape index (κ3) is 3.63. The van der Waals surface area contributed by atoms with E-state index in [2.05, 4.69) is 31.2 Å². The highest BCUT2D eigenvalue weighted by Crippen LogP contribution is 2.27. The molecule has 0 aliphatic rings. The fraction of sp³-hybridized carbons (Fsp3) is 0.238. The van der Waals surface area contributed by atoms with Crippen LogP contribution < -0.4 is 5.32 Å². The summed E-state index contributed by atoms with van der Waals surface area (Å²) in [5, 5.41) is 6.99. The van der Waals surface area contributed by atoms with E-state index >= 15 is 0 Å². The van der Waals surface area contributed by atoms with Crippen molar-refractivity contribution in [1.29, 1.82) is 0 Å². The predicted molar refractivity (Wildman–Crippen MR) is 99.8 cm³/mol. The Labute approximate surface area is 147 Å². The van der Waals surface area contributed by atoms with E-state index in [1.807, 2.05) is 54.6 Å². The predicted octanol–water partition coefficient (Wildman–Crippen LogP) is 5.20. The van der Waals surface area contributed by atoms with Crippen LogP contribution in [0.1, 0.15) is 42.5 Å². The zero-order valence-electron chi connectivity index (χ0n) is 15.0. The van der Waals surface area contributed by atoms with Gasteiger partial charge in [-0.1, -0.05) is 68.4 Å². The van der Waals surface area contributed by atoms with Crippen LogP contribution in [0.4, 0.5) is 5.69 Å². The van der Waals surface area contributed by atoms with Crippen molar-refractivity contribution < 1.29 is 9.32 Å². The molecule has 0 aliphatic carbocycles. The Morgan fingerprint density at radius 3 is 2.24 bits per heavy atom. The summed E-state index contributed by atoms with van der Waals surface area (Å²) in [6, 6.07) is 17.5. The highest BCUT2D eigenvalue weighted by atomic mass is 16.5. The van der Waals surface area contributed by atoms with E-state index in [1.165, 1.54) is 5.56 Å². The van der Waals surface area contributed by atoms with Crippen LogP contribution in [0.2, 0.25) is 0 Å². The maximum Gasteiger partial charge on any atom is 0.261 e. The normalized spacial score (nSPS) is 11.4. The van der Waals surface area contributed by atoms with Crippen LogP contribution in [-0.4, -0.2) is 11.1 Å². The third-order valence-corrected chi connectivity index (χ3v) is 4.15. The van der Waals surface area contributed by atoms with Crippen molar-refractivity contribution in [3.63, 3.8) is 0 Å². The lowest BCUT2D eigenvalue weighted by Crippen LogP contribution is -2.14. The molecule has 2 aromatic carbocycles. The molecule has 0 spiro atoms. The number of aryl methyl sites for hydroxylation is 1. The number of aromatic nitrogens is 1. The first-order valence-corrected chi connectivity index (χ1v) is 8.30. The molecule has 4 heteroatoms. The molecule has 1 amide bonds. The number of hydrogen-bond acceptors (Lipinski definition) is 3. The van der Waals surface area contributed by atoms with Gasteiger partial charge in [0, 0.05) is 11.3 Å². The Bertz CT molecular complexity index is 873. The summed E-state index contributed by atoms with van der Waals surface area (Å²) in [6.07, 6.45) is 0. The van der Waals surface area contributed by atoms with Gasteiger partial charge < -0.3 is 9.84 Å². The van der Waals surface area contributed by atoms with Crippen molar-refractivity contribution in [3.8, 4) is 11.3 Å². The maximum absolute atomic E-state index is 12.8. The van der Waals surface area contributed by atoms with Gasteiger partial charge in [-0.25, -0.2) is 0 Å². The zero-order chi connectivity index (χ0) is 18.0. The standard InChI is InChI=1S/C21H22N2O2/c1-14-18(19(23-25-14)15-8-6-5-7-9-15)20(24)22-17-12-10-16(11-13-17)21(2,3)4/h5-13H,1-4H3,(H,22,24). The van der Waals surface area contributed by atoms with Crippen LogP contribution in [-0.2, 0) is 5.41 Å². The Balaban J connectivity index is 1.86. The highest BCUT2D eigenvalue weighted by Gasteiger charge is 2.22. The van der Waals surface area contributed by atoms with Crippen LogP contribution in [0.25, 0.3) is 11.3 Å². The average molecular weight is 334 g/mol. The number of nitrogens with one attached hydrogen (secondary N) is 1. The number of carbonyl (C=O) groups excluding carboxylic acids is 1. The molecular formula is C21H22N2O2. The fourth-order valence-corrected chi connectivity index (χ4v) is 2.68. The van der Waals surface area contributed by atoms with Crippen molar-refractivity contribution in [2.45, 2.75) is 33.1 Å². The first-order valence-electron chi connectivity index (χ1n) is 8.30. The van der Waals surface area contributed by atoms with Crippen molar-refractivity contribution in [2.75, 3.05) is 5.32 Å². The van der Waals surface area contributed by atoms with E-state index < -0.39 is 0 Å². The summed E-state index contributed by atoms with van der Waals surface area (Å²) in [7, 11) is 0. The van der Waals surface area contributed by atoms with E-state index in [9.17, 15) is 4.79 Å². The summed E-state index contributed by atoms with van der Waals surface area (Å²) in [6.45, 7) is 8.23. The smallest absolute Gasteiger partial charge is 0.261 e. The van der Waals surface area contributed by atoms with E-state index in [1.54, 1.807) is 6.92 Å². The second-order valence-corrected chi connectivity index (χ2v) is 7.11. The summed E-state index contributed by atoms with van der Waals surface area (Å²) in [5.41, 5.74) is 3.92. The fourth-order valence-electron chi connectivity index (χ4n) is 2.68. The van der Waals surface area contributed by atoms with Gasteiger partial charge in [0.1, 0.15) is 17.0 Å². The molecule has 0 aliphatic heterocycles. The molecule has 3 rings (SSSR count). The number of nitrogens with zero attached hydrogens (tertiary/aromatic N) is 1. The minimum absolute atomic E-state index is 0.0775. The van der Waals surface area contributed by atoms with Crippen molar-refractivity contribution >= 4 is 11.6 Å². The number of rotatable bonds is 3. The SMILES string of the molecule is Cc1onc(-c2ccccc2)c1C(=O)Nc1ccc(C(C)(C)C)cc1. The Morgan fingerprint density at radius 1 is 1.00 bits per heavy atom. The zero-order valence-corrected chi connectivity index (χ0v) is 15.0. The van der Waals surface area contributed by atoms with Gasteiger partial charge in [0.15, 0.2) is 0 Å². The van der Waals surface area contributed by atoms with Gasteiger partial charge in [-0.15, -0.1) is 0 Å². The number of carbonyl (C=O) groups is 1. The topological polar surface area (TPSA) is 55.1 Å². The van der Waals surface area contributed by atoms with Crippen molar-refractivity contribution in [2.24, 2.45) is 0 Å². The van der Waals surface area contributed by atoms with Gasteiger partial charge in [0.05, 0.1) is 0 Å². The van der Waals surface area contributed by atoms with Crippen LogP contribution in [0.5, 0.6) is 0 Å². The number of benzene rings is 2. The lowest BCUT2D eigenvalue weighted by atomic mass is 9.87. The van der Waals surface area contributed by atoms with E-state index in [-0.39, 0.29) is 11.3 Å². The minimum atomic E-state index is -0.221. The average Bonchev–Trinajstić information content (AvgIpc) is 2.97. The molecule has 1 aromatic heterocycles. The minimum Gasteiger partial charge on any atom is -0.360 e. The molecule has 0 fully saturated rings. The number of hydrogen-bond donors (Lipinski definition) is 1. The first kappa shape index (κ1) is 17.0. The third-order valence-electron chi connectivity index (χ3n) is 4.15. The summed E-state index contributed by atoms with van der Waals surface area (Å²) in [4.78, 5) is 12.8. The second-order valence-electron chi connectivity index (χ2n) is 7.11. The molecule has 0 saturated carbocycles. The summed E-state index contributed by atoms with van der Waals surface area (Å²) < 4.78 is 5.26. The molecule has 1 heterocycles. The largest absolute Gasteiger partial charge is 0.360 e. The lowest BCUT2D eigenvalue weighted by molar-refractivity contribution is 0.102. The molecule has 0 unspecified atom stereocenters. The molecule has 0 atom stereocenters. The molecule has 4 nitrogen and oxygen atoms in total. The Hall–Kier alpha value is -2.88. The molecule has 25 heavy (non-hydrogen) atoms. The second kappa shape index (κ2) is 6.55. The Morgan fingerprint density at radius 2 is 1.64 bits per heavy atom. The number of amides is 1. The van der Waals surface area contributed by atoms with Crippen LogP contribution >= 0.6 is 0 Å². The van der Waals surface area contributed by atoms with Crippen molar-refractivity contribution in [1.82, 2.24) is 5.16 Å². The highest BCUT2D eigenvalue weighted by molar-refractivity contribution is 6.08. The summed E-state index contributed by atoms with van der Waals surface area (Å²) in [5.74, 6) is 0.281. The van der Waals surface area contributed by atoms with Gasteiger partial charge in [-0.05, 0) is 30.0 Å². The quantitative estimate of drug-likeness (QED) is 0.716. The Kier molecular flexibility index (Phi) is 4.45. The van der Waals surface area contributed by atoms with E-state index in [4.69, 9.17) is 4.52 Å². The molecule has 0 radical (unpaired) electrons. The molecule has 3 aromatic rings. The lowest BCUT2D eigenvalue weighted by Gasteiger charge is -2.19. The molecule has 0 saturated heterocycles. The van der Waals surface area contributed by atoms with Crippen molar-refractivity contribution in [3.05, 3.63) is 71.5 Å². The first-order chi connectivity index (χ1) is 11.9. The van der Waals surface area contributed by atoms with E-state index in [0.29, 0.717) is 17.0 Å². The van der Waals surface area contributed by atoms with Gasteiger partial charge in [0.2, 0.25) is 0 Å². The maximum atomic E-state index is 12.8. The molecular weight excluding hydrogens is 312 g/mol. The van der Waals surface area contributed by atoms with Crippen LogP contribution in [0.3, 0.4) is 0 Å². The van der Waals surface area contributed by atoms with Crippen LogP contribution in [0.15, 0.2) is 59.1 Å². The molecule has 128 valence electrons. The monoisotopic (exact) mass is 334 g/mol. The van der Waals surface area contributed by atoms with Gasteiger partial charge in [-0.2, -0.15) is 0 Å². The molecule has 1 N–H and O–H groups in total. The van der Waals surface area contributed by atoms with Crippen LogP contribution in [0, 0.1) is 6.92 Å². The van der Waals surface area contributed by atoms with Gasteiger partial charge in [0.25, 0.3) is 5.91 Å².